The van der Waals surface area contributed by atoms with Gasteiger partial charge in [0.2, 0.25) is 0 Å². The zero-order chi connectivity index (χ0) is 7.56. The van der Waals surface area contributed by atoms with Gasteiger partial charge in [-0.3, -0.25) is 0 Å². The minimum atomic E-state index is 0.0449. The van der Waals surface area contributed by atoms with Crippen molar-refractivity contribution in [2.24, 2.45) is 0 Å². The number of halogens is 1. The molecular weight excluding hydrogens is 146 g/mol. The van der Waals surface area contributed by atoms with Crippen molar-refractivity contribution < 1.29 is 0 Å². The maximum absolute atomic E-state index is 5.82. The summed E-state index contributed by atoms with van der Waals surface area (Å²) in [5, 5.41) is 0.0449. The molecule has 54 valence electrons. The van der Waals surface area contributed by atoms with Crippen LogP contribution in [0.25, 0.3) is 0 Å². The highest BCUT2D eigenvalue weighted by Gasteiger charge is 1.98. The summed E-state index contributed by atoms with van der Waals surface area (Å²) in [4.78, 5) is 0. The van der Waals surface area contributed by atoms with Gasteiger partial charge in [0, 0.05) is 5.69 Å². The Bertz CT molecular complexity index is 220. The van der Waals surface area contributed by atoms with Gasteiger partial charge >= 0.3 is 0 Å². The van der Waals surface area contributed by atoms with Gasteiger partial charge in [0.15, 0.2) is 0 Å². The first-order valence-electron chi connectivity index (χ1n) is 3.19. The second-order valence-corrected chi connectivity index (χ2v) is 2.94. The Balaban J connectivity index is 2.96. The van der Waals surface area contributed by atoms with Crippen LogP contribution in [0.4, 0.5) is 5.69 Å². The number of anilines is 1. The summed E-state index contributed by atoms with van der Waals surface area (Å²) in [5.74, 6) is 0. The van der Waals surface area contributed by atoms with E-state index in [2.05, 4.69) is 0 Å². The fourth-order valence-electron chi connectivity index (χ4n) is 0.806. The molecule has 1 nitrogen and oxygen atoms in total. The van der Waals surface area contributed by atoms with Gasteiger partial charge < -0.3 is 5.73 Å². The number of benzene rings is 1. The number of hydrogen-bond donors (Lipinski definition) is 1. The molecule has 0 amide bonds. The van der Waals surface area contributed by atoms with Gasteiger partial charge in [-0.1, -0.05) is 12.1 Å². The van der Waals surface area contributed by atoms with Crippen LogP contribution in [0.2, 0.25) is 0 Å². The van der Waals surface area contributed by atoms with Crippen LogP contribution in [0.5, 0.6) is 0 Å². The molecule has 0 aliphatic heterocycles. The average Bonchev–Trinajstić information content (AvgIpc) is 1.88. The lowest BCUT2D eigenvalue weighted by molar-refractivity contribution is 1.09. The third kappa shape index (κ3) is 1.64. The minimum absolute atomic E-state index is 0.0449. The number of nitrogen functional groups attached to an aromatic ring is 1. The molecule has 0 saturated carbocycles. The van der Waals surface area contributed by atoms with E-state index in [4.69, 9.17) is 17.3 Å². The molecule has 2 heteroatoms. The molecule has 0 bridgehead atoms. The summed E-state index contributed by atoms with van der Waals surface area (Å²) in [6, 6.07) is 7.61. The van der Waals surface area contributed by atoms with Crippen molar-refractivity contribution in [1.82, 2.24) is 0 Å². The lowest BCUT2D eigenvalue weighted by atomic mass is 10.1. The standard InChI is InChI=1S/C8H10ClN/c1-6(9)7-3-2-4-8(10)5-7/h2-6H,10H2,1H3/t6-/m1/s1. The molecule has 0 aliphatic rings. The van der Waals surface area contributed by atoms with Crippen LogP contribution < -0.4 is 5.73 Å². The first-order chi connectivity index (χ1) is 4.70. The van der Waals surface area contributed by atoms with Crippen molar-refractivity contribution in [3.8, 4) is 0 Å². The lowest BCUT2D eigenvalue weighted by Crippen LogP contribution is -1.88. The van der Waals surface area contributed by atoms with Gasteiger partial charge in [0.25, 0.3) is 0 Å². The first kappa shape index (κ1) is 7.42. The zero-order valence-corrected chi connectivity index (χ0v) is 6.60. The van der Waals surface area contributed by atoms with Gasteiger partial charge in [-0.2, -0.15) is 0 Å². The number of nitrogens with two attached hydrogens (primary N) is 1. The third-order valence-corrected chi connectivity index (χ3v) is 1.62. The Hall–Kier alpha value is -0.690. The Labute approximate surface area is 65.8 Å². The molecule has 0 radical (unpaired) electrons. The van der Waals surface area contributed by atoms with Gasteiger partial charge in [0.1, 0.15) is 0 Å². The summed E-state index contributed by atoms with van der Waals surface area (Å²) in [6.45, 7) is 1.93. The van der Waals surface area contributed by atoms with E-state index in [1.54, 1.807) is 0 Å². The molecule has 0 unspecified atom stereocenters. The fourth-order valence-corrected chi connectivity index (χ4v) is 0.942. The molecule has 1 rings (SSSR count). The van der Waals surface area contributed by atoms with E-state index >= 15 is 0 Å². The normalized spacial score (nSPS) is 13.0. The van der Waals surface area contributed by atoms with Crippen LogP contribution >= 0.6 is 11.6 Å². The molecule has 0 saturated heterocycles. The van der Waals surface area contributed by atoms with Crippen LogP contribution in [0.1, 0.15) is 17.9 Å². The Morgan fingerprint density at radius 1 is 1.50 bits per heavy atom. The highest BCUT2D eigenvalue weighted by Crippen LogP contribution is 2.20. The Kier molecular flexibility index (Phi) is 2.17. The van der Waals surface area contributed by atoms with E-state index in [9.17, 15) is 0 Å². The highest BCUT2D eigenvalue weighted by atomic mass is 35.5. The molecule has 0 aliphatic carbocycles. The first-order valence-corrected chi connectivity index (χ1v) is 3.63. The van der Waals surface area contributed by atoms with Crippen LogP contribution in [0.3, 0.4) is 0 Å². The van der Waals surface area contributed by atoms with Crippen LogP contribution in [-0.4, -0.2) is 0 Å². The molecule has 1 aromatic rings. The summed E-state index contributed by atoms with van der Waals surface area (Å²) >= 11 is 5.82. The zero-order valence-electron chi connectivity index (χ0n) is 5.84. The number of hydrogen-bond acceptors (Lipinski definition) is 1. The summed E-state index contributed by atoms with van der Waals surface area (Å²) < 4.78 is 0. The van der Waals surface area contributed by atoms with Gasteiger partial charge in [0.05, 0.1) is 5.38 Å². The molecule has 0 heterocycles. The van der Waals surface area contributed by atoms with Gasteiger partial charge in [-0.15, -0.1) is 11.6 Å². The van der Waals surface area contributed by atoms with Gasteiger partial charge in [-0.25, -0.2) is 0 Å². The lowest BCUT2D eigenvalue weighted by Gasteiger charge is -2.02. The summed E-state index contributed by atoms with van der Waals surface area (Å²) in [5.41, 5.74) is 7.38. The fraction of sp³-hybridized carbons (Fsp3) is 0.250. The average molecular weight is 156 g/mol. The van der Waals surface area contributed by atoms with Crippen molar-refractivity contribution in [2.45, 2.75) is 12.3 Å². The van der Waals surface area contributed by atoms with Crippen LogP contribution in [0.15, 0.2) is 24.3 Å². The van der Waals surface area contributed by atoms with E-state index < -0.39 is 0 Å². The second kappa shape index (κ2) is 2.93. The third-order valence-electron chi connectivity index (χ3n) is 1.37. The van der Waals surface area contributed by atoms with Crippen molar-refractivity contribution in [3.05, 3.63) is 29.8 Å². The van der Waals surface area contributed by atoms with E-state index in [0.29, 0.717) is 0 Å². The maximum atomic E-state index is 5.82. The smallest absolute Gasteiger partial charge is 0.0557 e. The summed E-state index contributed by atoms with van der Waals surface area (Å²) in [7, 11) is 0. The quantitative estimate of drug-likeness (QED) is 0.490. The Morgan fingerprint density at radius 3 is 2.60 bits per heavy atom. The van der Waals surface area contributed by atoms with Crippen LogP contribution in [0, 0.1) is 0 Å². The van der Waals surface area contributed by atoms with E-state index in [0.717, 1.165) is 11.3 Å². The number of rotatable bonds is 1. The molecule has 2 N–H and O–H groups in total. The van der Waals surface area contributed by atoms with Crippen molar-refractivity contribution in [3.63, 3.8) is 0 Å². The van der Waals surface area contributed by atoms with E-state index in [-0.39, 0.29) is 5.38 Å². The topological polar surface area (TPSA) is 26.0 Å². The molecule has 1 atom stereocenters. The second-order valence-electron chi connectivity index (χ2n) is 2.29. The predicted molar refractivity (Wildman–Crippen MR) is 45.1 cm³/mol. The highest BCUT2D eigenvalue weighted by molar-refractivity contribution is 6.20. The van der Waals surface area contributed by atoms with Gasteiger partial charge in [-0.05, 0) is 24.6 Å². The largest absolute Gasteiger partial charge is 0.399 e. The molecule has 1 aromatic carbocycles. The monoisotopic (exact) mass is 155 g/mol. The predicted octanol–water partition coefficient (Wildman–Crippen LogP) is 2.57. The maximum Gasteiger partial charge on any atom is 0.0557 e. The van der Waals surface area contributed by atoms with Crippen molar-refractivity contribution in [2.75, 3.05) is 5.73 Å². The SMILES string of the molecule is C[C@@H](Cl)c1cccc(N)c1. The van der Waals surface area contributed by atoms with Crippen molar-refractivity contribution in [1.29, 1.82) is 0 Å². The molecule has 0 aromatic heterocycles. The van der Waals surface area contributed by atoms with Crippen LogP contribution in [-0.2, 0) is 0 Å². The molecule has 0 spiro atoms. The van der Waals surface area contributed by atoms with Crippen molar-refractivity contribution >= 4 is 17.3 Å². The van der Waals surface area contributed by atoms with E-state index in [1.165, 1.54) is 0 Å². The number of alkyl halides is 1. The molecule has 10 heavy (non-hydrogen) atoms. The molecular formula is C8H10ClN. The minimum Gasteiger partial charge on any atom is -0.399 e. The Morgan fingerprint density at radius 2 is 2.20 bits per heavy atom. The summed E-state index contributed by atoms with van der Waals surface area (Å²) in [6.07, 6.45) is 0. The molecule has 0 fully saturated rings. The van der Waals surface area contributed by atoms with E-state index in [1.807, 2.05) is 31.2 Å².